The van der Waals surface area contributed by atoms with E-state index in [4.69, 9.17) is 0 Å². The van der Waals surface area contributed by atoms with Crippen molar-refractivity contribution in [2.45, 2.75) is 24.5 Å². The largest absolute Gasteiger partial charge is 0.373 e. The van der Waals surface area contributed by atoms with Crippen LogP contribution >= 0.6 is 11.8 Å². The van der Waals surface area contributed by atoms with E-state index in [1.54, 1.807) is 11.8 Å². The van der Waals surface area contributed by atoms with E-state index in [2.05, 4.69) is 46.0 Å². The van der Waals surface area contributed by atoms with E-state index in [1.165, 1.54) is 0 Å². The number of rotatable bonds is 3. The predicted octanol–water partition coefficient (Wildman–Crippen LogP) is 1.77. The van der Waals surface area contributed by atoms with Gasteiger partial charge in [0.1, 0.15) is 11.6 Å². The first-order valence-corrected chi connectivity index (χ1v) is 7.76. The Hall–Kier alpha value is -1.01. The van der Waals surface area contributed by atoms with Crippen LogP contribution in [0.1, 0.15) is 13.8 Å². The number of nitrogens with one attached hydrogen (secondary N) is 1. The molecule has 1 aliphatic heterocycles. The molecular formula is C13H23N5S. The molecule has 0 saturated carbocycles. The Bertz CT molecular complexity index is 426. The van der Waals surface area contributed by atoms with Crippen molar-refractivity contribution in [3.63, 3.8) is 0 Å². The molecule has 1 aromatic rings. The number of likely N-dealkylation sites (N-methyl/N-ethyl adjacent to an activating group) is 1. The summed E-state index contributed by atoms with van der Waals surface area (Å²) >= 11 is 1.58. The first-order chi connectivity index (χ1) is 8.96. The lowest BCUT2D eigenvalue weighted by Crippen LogP contribution is -2.57. The van der Waals surface area contributed by atoms with Crippen molar-refractivity contribution < 1.29 is 0 Å². The van der Waals surface area contributed by atoms with Crippen LogP contribution in [-0.4, -0.2) is 60.4 Å². The molecule has 0 aromatic carbocycles. The van der Waals surface area contributed by atoms with Gasteiger partial charge in [-0.15, -0.1) is 0 Å². The average Bonchev–Trinajstić information content (AvgIpc) is 2.41. The van der Waals surface area contributed by atoms with E-state index >= 15 is 0 Å². The monoisotopic (exact) mass is 281 g/mol. The van der Waals surface area contributed by atoms with Gasteiger partial charge in [-0.1, -0.05) is 11.8 Å². The molecule has 6 heteroatoms. The van der Waals surface area contributed by atoms with Gasteiger partial charge in [0.05, 0.1) is 0 Å². The quantitative estimate of drug-likeness (QED) is 0.673. The van der Waals surface area contributed by atoms with Crippen LogP contribution in [0.5, 0.6) is 0 Å². The van der Waals surface area contributed by atoms with Gasteiger partial charge in [-0.25, -0.2) is 9.97 Å². The lowest BCUT2D eigenvalue weighted by atomic mass is 10.00. The molecule has 1 N–H and O–H groups in total. The number of hydrogen-bond acceptors (Lipinski definition) is 6. The maximum absolute atomic E-state index is 4.63. The van der Waals surface area contributed by atoms with Crippen LogP contribution in [0.2, 0.25) is 0 Å². The van der Waals surface area contributed by atoms with Crippen molar-refractivity contribution in [2.75, 3.05) is 50.2 Å². The summed E-state index contributed by atoms with van der Waals surface area (Å²) in [6.45, 7) is 7.59. The summed E-state index contributed by atoms with van der Waals surface area (Å²) in [7, 11) is 4.08. The SMILES string of the molecule is CNc1cc(N2CCN(C)C(C)(C)C2)nc(SC)n1. The minimum atomic E-state index is 0.169. The Balaban J connectivity index is 2.26. The van der Waals surface area contributed by atoms with E-state index < -0.39 is 0 Å². The zero-order valence-electron chi connectivity index (χ0n) is 12.4. The zero-order valence-corrected chi connectivity index (χ0v) is 13.2. The van der Waals surface area contributed by atoms with E-state index in [1.807, 2.05) is 19.4 Å². The second-order valence-corrected chi connectivity index (χ2v) is 6.28. The van der Waals surface area contributed by atoms with E-state index in [0.717, 1.165) is 36.4 Å². The van der Waals surface area contributed by atoms with Crippen molar-refractivity contribution in [2.24, 2.45) is 0 Å². The van der Waals surface area contributed by atoms with E-state index in [9.17, 15) is 0 Å². The van der Waals surface area contributed by atoms with Gasteiger partial charge < -0.3 is 10.2 Å². The summed E-state index contributed by atoms with van der Waals surface area (Å²) in [4.78, 5) is 13.8. The highest BCUT2D eigenvalue weighted by Crippen LogP contribution is 2.25. The van der Waals surface area contributed by atoms with Crippen LogP contribution in [0.3, 0.4) is 0 Å². The molecule has 2 rings (SSSR count). The third-order valence-corrected chi connectivity index (χ3v) is 4.32. The van der Waals surface area contributed by atoms with Gasteiger partial charge in [-0.05, 0) is 27.2 Å². The molecule has 1 fully saturated rings. The summed E-state index contributed by atoms with van der Waals surface area (Å²) < 4.78 is 0. The second-order valence-electron chi connectivity index (χ2n) is 5.50. The average molecular weight is 281 g/mol. The minimum absolute atomic E-state index is 0.169. The predicted molar refractivity (Wildman–Crippen MR) is 82.3 cm³/mol. The number of piperazine rings is 1. The topological polar surface area (TPSA) is 44.3 Å². The van der Waals surface area contributed by atoms with Crippen LogP contribution < -0.4 is 10.2 Å². The van der Waals surface area contributed by atoms with E-state index in [0.29, 0.717) is 0 Å². The molecule has 0 bridgehead atoms. The lowest BCUT2D eigenvalue weighted by Gasteiger charge is -2.45. The fraction of sp³-hybridized carbons (Fsp3) is 0.692. The molecule has 1 saturated heterocycles. The molecule has 0 amide bonds. The summed E-state index contributed by atoms with van der Waals surface area (Å²) in [5, 5.41) is 3.93. The van der Waals surface area contributed by atoms with Crippen LogP contribution in [0, 0.1) is 0 Å². The zero-order chi connectivity index (χ0) is 14.0. The molecular weight excluding hydrogens is 258 g/mol. The summed E-state index contributed by atoms with van der Waals surface area (Å²) in [6, 6.07) is 2.03. The van der Waals surface area contributed by atoms with E-state index in [-0.39, 0.29) is 5.54 Å². The lowest BCUT2D eigenvalue weighted by molar-refractivity contribution is 0.138. The summed E-state index contributed by atoms with van der Waals surface area (Å²) in [5.41, 5.74) is 0.169. The molecule has 106 valence electrons. The third kappa shape index (κ3) is 3.12. The Kier molecular flexibility index (Phi) is 4.20. The van der Waals surface area contributed by atoms with Crippen molar-refractivity contribution in [3.05, 3.63) is 6.07 Å². The molecule has 0 aliphatic carbocycles. The van der Waals surface area contributed by atoms with Gasteiger partial charge in [-0.3, -0.25) is 4.90 Å². The molecule has 0 spiro atoms. The number of thioether (sulfide) groups is 1. The maximum Gasteiger partial charge on any atom is 0.191 e. The molecule has 5 nitrogen and oxygen atoms in total. The van der Waals surface area contributed by atoms with Gasteiger partial charge >= 0.3 is 0 Å². The Morgan fingerprint density at radius 2 is 2.05 bits per heavy atom. The summed E-state index contributed by atoms with van der Waals surface area (Å²) in [5.74, 6) is 1.90. The standard InChI is InChI=1S/C13H23N5S/c1-13(2)9-18(7-6-17(13)4)11-8-10(14-3)15-12(16-11)19-5/h8H,6-7,9H2,1-5H3,(H,14,15,16). The van der Waals surface area contributed by atoms with Crippen molar-refractivity contribution >= 4 is 23.4 Å². The fourth-order valence-electron chi connectivity index (χ4n) is 2.23. The van der Waals surface area contributed by atoms with Gasteiger partial charge in [0.15, 0.2) is 5.16 Å². The smallest absolute Gasteiger partial charge is 0.191 e. The van der Waals surface area contributed by atoms with Crippen LogP contribution in [-0.2, 0) is 0 Å². The van der Waals surface area contributed by atoms with Crippen molar-refractivity contribution in [3.8, 4) is 0 Å². The van der Waals surface area contributed by atoms with Crippen LogP contribution in [0.15, 0.2) is 11.2 Å². The van der Waals surface area contributed by atoms with Gasteiger partial charge in [-0.2, -0.15) is 0 Å². The second kappa shape index (κ2) is 5.54. The minimum Gasteiger partial charge on any atom is -0.373 e. The molecule has 0 atom stereocenters. The summed E-state index contributed by atoms with van der Waals surface area (Å²) in [6.07, 6.45) is 2.01. The van der Waals surface area contributed by atoms with Crippen LogP contribution in [0.25, 0.3) is 0 Å². The third-order valence-electron chi connectivity index (χ3n) is 3.77. The maximum atomic E-state index is 4.63. The Morgan fingerprint density at radius 3 is 2.63 bits per heavy atom. The van der Waals surface area contributed by atoms with Crippen molar-refractivity contribution in [1.82, 2.24) is 14.9 Å². The first kappa shape index (κ1) is 14.4. The van der Waals surface area contributed by atoms with Crippen molar-refractivity contribution in [1.29, 1.82) is 0 Å². The highest BCUT2D eigenvalue weighted by atomic mass is 32.2. The molecule has 1 aromatic heterocycles. The molecule has 1 aliphatic rings. The fourth-order valence-corrected chi connectivity index (χ4v) is 2.60. The van der Waals surface area contributed by atoms with Gasteiger partial charge in [0, 0.05) is 38.3 Å². The van der Waals surface area contributed by atoms with Crippen LogP contribution in [0.4, 0.5) is 11.6 Å². The Labute approximate surface area is 119 Å². The molecule has 19 heavy (non-hydrogen) atoms. The molecule has 0 unspecified atom stereocenters. The highest BCUT2D eigenvalue weighted by molar-refractivity contribution is 7.98. The number of nitrogens with zero attached hydrogens (tertiary/aromatic N) is 4. The number of aromatic nitrogens is 2. The number of hydrogen-bond donors (Lipinski definition) is 1. The Morgan fingerprint density at radius 1 is 1.32 bits per heavy atom. The number of anilines is 2. The molecule has 2 heterocycles. The molecule has 0 radical (unpaired) electrons. The first-order valence-electron chi connectivity index (χ1n) is 6.53. The highest BCUT2D eigenvalue weighted by Gasteiger charge is 2.31. The normalized spacial score (nSPS) is 19.5. The van der Waals surface area contributed by atoms with Gasteiger partial charge in [0.2, 0.25) is 0 Å². The van der Waals surface area contributed by atoms with Gasteiger partial charge in [0.25, 0.3) is 0 Å².